The molecule has 0 N–H and O–H groups in total. The first-order valence-corrected chi connectivity index (χ1v) is 21.8. The maximum atomic E-state index is 3.06. The number of halogens is 2. The molecule has 1 fully saturated rings. The van der Waals surface area contributed by atoms with Crippen LogP contribution in [0.15, 0.2) is 109 Å². The summed E-state index contributed by atoms with van der Waals surface area (Å²) in [6, 6.07) is 41.2. The van der Waals surface area contributed by atoms with Gasteiger partial charge in [-0.2, -0.15) is 12.1 Å². The normalized spacial score (nSPS) is 12.9. The van der Waals surface area contributed by atoms with Gasteiger partial charge in [-0.1, -0.05) is 126 Å². The Morgan fingerprint density at radius 2 is 1.20 bits per heavy atom. The van der Waals surface area contributed by atoms with E-state index in [0.717, 1.165) is 12.3 Å². The second-order valence-corrected chi connectivity index (χ2v) is 14.4. The van der Waals surface area contributed by atoms with Gasteiger partial charge in [0.1, 0.15) is 0 Å². The molecule has 0 amide bonds. The average Bonchev–Trinajstić information content (AvgIpc) is 3.88. The molecule has 6 aromatic carbocycles. The molecule has 1 saturated carbocycles. The molecule has 51 heavy (non-hydrogen) atoms. The van der Waals surface area contributed by atoms with Crippen molar-refractivity contribution in [3.63, 3.8) is 0 Å². The molecule has 0 aliphatic heterocycles. The standard InChI is InChI=1S/C24H27.C21H23.2CH3.2ClH.Si.Zr/c1-24(2,3)21-13-11-18(12-14-21)22-10-6-9-19-15-20(16-23(19)22)17-7-4-5-8-17;1-4-15(3)17-9-11-18(12-10-17)20-8-6-7-19-13-16(5-2)14-21(19)20;;;;;;/h6,9-17H,4-5,7-8H2,1-3H3;6-15H,4-5H2,1-3H3;2*1H3;2*1H;;/q4*-1;;;;. The Balaban J connectivity index is 0.000000456. The van der Waals surface area contributed by atoms with Crippen molar-refractivity contribution in [2.24, 2.45) is 0 Å². The molecule has 1 aliphatic carbocycles. The van der Waals surface area contributed by atoms with Gasteiger partial charge in [0.15, 0.2) is 0 Å². The van der Waals surface area contributed by atoms with Crippen LogP contribution >= 0.6 is 24.8 Å². The van der Waals surface area contributed by atoms with Crippen LogP contribution in [0.4, 0.5) is 0 Å². The van der Waals surface area contributed by atoms with Gasteiger partial charge < -0.3 is 14.9 Å². The third-order valence-electron chi connectivity index (χ3n) is 10.3. The topological polar surface area (TPSA) is 0 Å². The first kappa shape index (κ1) is 46.8. The Morgan fingerprint density at radius 3 is 1.69 bits per heavy atom. The summed E-state index contributed by atoms with van der Waals surface area (Å²) in [6.45, 7) is 16.6. The molecule has 0 heterocycles. The zero-order valence-electron chi connectivity index (χ0n) is 32.1. The second-order valence-electron chi connectivity index (χ2n) is 14.4. The maximum absolute atomic E-state index is 3.06. The summed E-state index contributed by atoms with van der Waals surface area (Å²) in [4.78, 5) is 0. The molecule has 1 atom stereocenters. The summed E-state index contributed by atoms with van der Waals surface area (Å²) >= 11 is 1.36. The van der Waals surface area contributed by atoms with Crippen LogP contribution in [-0.2, 0) is 35.2 Å². The zero-order valence-corrected chi connectivity index (χ0v) is 37.2. The van der Waals surface area contributed by atoms with E-state index in [4.69, 9.17) is 0 Å². The molecule has 1 aliphatic rings. The number of aryl methyl sites for hydroxylation is 1. The minimum absolute atomic E-state index is 0. The van der Waals surface area contributed by atoms with E-state index in [2.05, 4.69) is 158 Å². The summed E-state index contributed by atoms with van der Waals surface area (Å²) in [5.74, 6) is 1.42. The van der Waals surface area contributed by atoms with E-state index in [9.17, 15) is 0 Å². The molecule has 272 valence electrons. The van der Waals surface area contributed by atoms with Crippen LogP contribution in [-0.4, -0.2) is 6.88 Å². The van der Waals surface area contributed by atoms with Crippen LogP contribution in [0.2, 0.25) is 0 Å². The first-order valence-electron chi connectivity index (χ1n) is 17.6. The van der Waals surface area contributed by atoms with E-state index in [1.54, 1.807) is 5.56 Å². The predicted molar refractivity (Wildman–Crippen MR) is 231 cm³/mol. The molecule has 0 nitrogen and oxygen atoms in total. The number of hydrogen-bond acceptors (Lipinski definition) is 0. The van der Waals surface area contributed by atoms with E-state index in [-0.39, 0.29) is 45.1 Å². The molecule has 2 radical (unpaired) electrons. The van der Waals surface area contributed by atoms with E-state index in [1.807, 2.05) is 0 Å². The monoisotopic (exact) mass is 810 g/mol. The van der Waals surface area contributed by atoms with Crippen molar-refractivity contribution in [2.75, 3.05) is 0 Å². The van der Waals surface area contributed by atoms with Crippen molar-refractivity contribution < 1.29 is 23.3 Å². The van der Waals surface area contributed by atoms with Crippen LogP contribution in [0.25, 0.3) is 43.8 Å². The van der Waals surface area contributed by atoms with Crippen molar-refractivity contribution >= 4 is 53.2 Å². The third kappa shape index (κ3) is 11.1. The van der Waals surface area contributed by atoms with E-state index < -0.39 is 0 Å². The van der Waals surface area contributed by atoms with Crippen molar-refractivity contribution in [1.29, 1.82) is 0 Å². The number of fused-ring (bicyclic) bond motifs is 2. The van der Waals surface area contributed by atoms with Gasteiger partial charge in [-0.25, -0.2) is 0 Å². The third-order valence-corrected chi connectivity index (χ3v) is 10.3. The molecule has 4 heteroatoms. The summed E-state index contributed by atoms with van der Waals surface area (Å²) in [5, 5.41) is 5.55. The van der Waals surface area contributed by atoms with Crippen LogP contribution in [0.1, 0.15) is 108 Å². The average molecular weight is 813 g/mol. The fourth-order valence-electron chi connectivity index (χ4n) is 7.13. The molecule has 0 bridgehead atoms. The Hall–Kier alpha value is -2.22. The van der Waals surface area contributed by atoms with Crippen LogP contribution in [0.3, 0.4) is 0 Å². The van der Waals surface area contributed by atoms with Crippen LogP contribution in [0, 0.1) is 14.9 Å². The van der Waals surface area contributed by atoms with Gasteiger partial charge in [0.25, 0.3) is 0 Å². The summed E-state index contributed by atoms with van der Waals surface area (Å²) in [6.07, 6.45) is 7.82. The van der Waals surface area contributed by atoms with Gasteiger partial charge in [-0.3, -0.25) is 0 Å². The molecule has 1 unspecified atom stereocenters. The Morgan fingerprint density at radius 1 is 0.706 bits per heavy atom. The van der Waals surface area contributed by atoms with Gasteiger partial charge >= 0.3 is 30.2 Å². The van der Waals surface area contributed by atoms with Crippen LogP contribution in [0.5, 0.6) is 0 Å². The fourth-order valence-corrected chi connectivity index (χ4v) is 7.13. The first-order chi connectivity index (χ1) is 22.7. The SMILES string of the molecule is CC(C)(C)c1ccc(-c2cccc3[cH-]c(C4CCCC4)cc23)cc1.CCc1cc2c(-c3ccc(C(C)CC)cc3)cccc2[cH-]1.Cl.Cl.[CH3-].[CH3-].[Si]=[Zr]. The van der Waals surface area contributed by atoms with Gasteiger partial charge in [-0.05, 0) is 65.2 Å². The molecular weight excluding hydrogens is 755 g/mol. The molecule has 0 spiro atoms. The van der Waals surface area contributed by atoms with Gasteiger partial charge in [-0.15, -0.1) is 93.9 Å². The summed E-state index contributed by atoms with van der Waals surface area (Å²) < 4.78 is 0. The molecule has 6 aromatic rings. The summed E-state index contributed by atoms with van der Waals surface area (Å²) in [7, 11) is 0. The minimum atomic E-state index is 0. The predicted octanol–water partition coefficient (Wildman–Crippen LogP) is 14.8. The fraction of sp³-hybridized carbons (Fsp3) is 0.319. The van der Waals surface area contributed by atoms with E-state index in [0.29, 0.717) is 5.92 Å². The Bertz CT molecular complexity index is 1880. The Kier molecular flexibility index (Phi) is 19.7. The molecule has 0 aromatic heterocycles. The van der Waals surface area contributed by atoms with E-state index in [1.165, 1.54) is 116 Å². The Labute approximate surface area is 340 Å². The van der Waals surface area contributed by atoms with Crippen molar-refractivity contribution in [3.05, 3.63) is 146 Å². The second kappa shape index (κ2) is 21.5. The van der Waals surface area contributed by atoms with Crippen LogP contribution < -0.4 is 0 Å². The number of benzene rings is 4. The van der Waals surface area contributed by atoms with Crippen molar-refractivity contribution in [2.45, 2.75) is 97.3 Å². The summed E-state index contributed by atoms with van der Waals surface area (Å²) in [5.41, 5.74) is 11.4. The quantitative estimate of drug-likeness (QED) is 0.116. The molecule has 7 rings (SSSR count). The van der Waals surface area contributed by atoms with Crippen molar-refractivity contribution in [1.82, 2.24) is 0 Å². The van der Waals surface area contributed by atoms with Gasteiger partial charge in [0, 0.05) is 0 Å². The number of rotatable bonds is 6. The molecule has 0 saturated heterocycles. The van der Waals surface area contributed by atoms with E-state index >= 15 is 0 Å². The zero-order chi connectivity index (χ0) is 33.6. The van der Waals surface area contributed by atoms with Crippen molar-refractivity contribution in [3.8, 4) is 22.3 Å². The number of hydrogen-bond donors (Lipinski definition) is 0. The molecular formula is C47H58Cl2SiZr-4. The van der Waals surface area contributed by atoms with Gasteiger partial charge in [0.05, 0.1) is 0 Å². The van der Waals surface area contributed by atoms with Gasteiger partial charge in [0.2, 0.25) is 0 Å².